The second-order valence-corrected chi connectivity index (χ2v) is 5.60. The standard InChI is InChI=1S/C16H26N2O/c1-3-10-18(15-11-17-12-15)13(2)4-5-14-6-8-16(19)9-7-14/h6-9,13,15,17,19H,3-5,10-12H2,1-2H3. The molecule has 0 amide bonds. The van der Waals surface area contributed by atoms with Gasteiger partial charge in [-0.25, -0.2) is 0 Å². The maximum Gasteiger partial charge on any atom is 0.115 e. The zero-order valence-corrected chi connectivity index (χ0v) is 12.1. The second-order valence-electron chi connectivity index (χ2n) is 5.60. The number of phenolic OH excluding ortho intramolecular Hbond substituents is 1. The molecule has 1 unspecified atom stereocenters. The zero-order valence-electron chi connectivity index (χ0n) is 12.1. The molecular formula is C16H26N2O. The van der Waals surface area contributed by atoms with Crippen molar-refractivity contribution >= 4 is 0 Å². The van der Waals surface area contributed by atoms with Crippen molar-refractivity contribution in [1.82, 2.24) is 10.2 Å². The first-order valence-electron chi connectivity index (χ1n) is 7.45. The topological polar surface area (TPSA) is 35.5 Å². The average Bonchev–Trinajstić information content (AvgIpc) is 2.35. The molecule has 1 fully saturated rings. The SMILES string of the molecule is CCCN(C(C)CCc1ccc(O)cc1)C1CNC1. The highest BCUT2D eigenvalue weighted by Crippen LogP contribution is 2.17. The van der Waals surface area contributed by atoms with E-state index in [1.165, 1.54) is 24.9 Å². The minimum atomic E-state index is 0.352. The highest BCUT2D eigenvalue weighted by molar-refractivity contribution is 5.25. The lowest BCUT2D eigenvalue weighted by Crippen LogP contribution is -2.59. The van der Waals surface area contributed by atoms with E-state index in [1.54, 1.807) is 12.1 Å². The zero-order chi connectivity index (χ0) is 13.7. The molecule has 3 heteroatoms. The summed E-state index contributed by atoms with van der Waals surface area (Å²) in [6.45, 7) is 8.08. The molecule has 0 spiro atoms. The molecule has 0 saturated carbocycles. The molecule has 1 saturated heterocycles. The number of hydrogen-bond donors (Lipinski definition) is 2. The summed E-state index contributed by atoms with van der Waals surface area (Å²) in [6, 6.07) is 8.96. The van der Waals surface area contributed by atoms with E-state index in [0.29, 0.717) is 11.8 Å². The van der Waals surface area contributed by atoms with Crippen LogP contribution >= 0.6 is 0 Å². The Morgan fingerprint density at radius 3 is 2.53 bits per heavy atom. The van der Waals surface area contributed by atoms with E-state index in [-0.39, 0.29) is 0 Å². The van der Waals surface area contributed by atoms with Crippen molar-refractivity contribution in [2.24, 2.45) is 0 Å². The van der Waals surface area contributed by atoms with Gasteiger partial charge in [-0.3, -0.25) is 4.90 Å². The smallest absolute Gasteiger partial charge is 0.115 e. The molecule has 19 heavy (non-hydrogen) atoms. The Morgan fingerprint density at radius 1 is 1.32 bits per heavy atom. The number of phenols is 1. The van der Waals surface area contributed by atoms with E-state index in [9.17, 15) is 5.11 Å². The number of hydrogen-bond acceptors (Lipinski definition) is 3. The molecule has 2 rings (SSSR count). The largest absolute Gasteiger partial charge is 0.508 e. The number of rotatable bonds is 7. The van der Waals surface area contributed by atoms with Crippen molar-refractivity contribution in [2.75, 3.05) is 19.6 Å². The molecule has 1 heterocycles. The van der Waals surface area contributed by atoms with Crippen molar-refractivity contribution in [3.05, 3.63) is 29.8 Å². The van der Waals surface area contributed by atoms with Gasteiger partial charge in [0, 0.05) is 25.2 Å². The predicted octanol–water partition coefficient (Wildman–Crippen LogP) is 2.40. The molecule has 1 aliphatic rings. The van der Waals surface area contributed by atoms with Crippen LogP contribution in [0, 0.1) is 0 Å². The lowest BCUT2D eigenvalue weighted by molar-refractivity contribution is 0.0983. The van der Waals surface area contributed by atoms with Crippen LogP contribution in [0.4, 0.5) is 0 Å². The highest BCUT2D eigenvalue weighted by atomic mass is 16.3. The van der Waals surface area contributed by atoms with Crippen LogP contribution in [0.3, 0.4) is 0 Å². The van der Waals surface area contributed by atoms with Crippen LogP contribution < -0.4 is 5.32 Å². The summed E-state index contributed by atoms with van der Waals surface area (Å²) < 4.78 is 0. The summed E-state index contributed by atoms with van der Waals surface area (Å²) in [6.07, 6.45) is 3.49. The summed E-state index contributed by atoms with van der Waals surface area (Å²) in [4.78, 5) is 2.65. The van der Waals surface area contributed by atoms with Crippen LogP contribution in [0.5, 0.6) is 5.75 Å². The first-order valence-corrected chi connectivity index (χ1v) is 7.45. The Morgan fingerprint density at radius 2 is 2.00 bits per heavy atom. The first kappa shape index (κ1) is 14.4. The van der Waals surface area contributed by atoms with Crippen LogP contribution in [0.25, 0.3) is 0 Å². The fourth-order valence-corrected chi connectivity index (χ4v) is 2.73. The quantitative estimate of drug-likeness (QED) is 0.792. The monoisotopic (exact) mass is 262 g/mol. The van der Waals surface area contributed by atoms with Crippen molar-refractivity contribution in [1.29, 1.82) is 0 Å². The van der Waals surface area contributed by atoms with Gasteiger partial charge in [0.25, 0.3) is 0 Å². The molecule has 0 aliphatic carbocycles. The van der Waals surface area contributed by atoms with Gasteiger partial charge in [-0.15, -0.1) is 0 Å². The number of aromatic hydroxyl groups is 1. The fraction of sp³-hybridized carbons (Fsp3) is 0.625. The Labute approximate surface area is 116 Å². The molecule has 1 atom stereocenters. The summed E-state index contributed by atoms with van der Waals surface area (Å²) in [5.74, 6) is 0.352. The average molecular weight is 262 g/mol. The minimum absolute atomic E-state index is 0.352. The van der Waals surface area contributed by atoms with Gasteiger partial charge in [-0.05, 0) is 50.4 Å². The molecule has 3 nitrogen and oxygen atoms in total. The Hall–Kier alpha value is -1.06. The van der Waals surface area contributed by atoms with E-state index in [4.69, 9.17) is 0 Å². The van der Waals surface area contributed by atoms with Crippen LogP contribution in [0.1, 0.15) is 32.3 Å². The molecule has 2 N–H and O–H groups in total. The highest BCUT2D eigenvalue weighted by Gasteiger charge is 2.27. The molecule has 0 aromatic heterocycles. The molecule has 1 aromatic carbocycles. The maximum absolute atomic E-state index is 9.29. The van der Waals surface area contributed by atoms with Gasteiger partial charge in [0.05, 0.1) is 0 Å². The van der Waals surface area contributed by atoms with Gasteiger partial charge in [-0.2, -0.15) is 0 Å². The summed E-state index contributed by atoms with van der Waals surface area (Å²) >= 11 is 0. The first-order chi connectivity index (χ1) is 9.20. The van der Waals surface area contributed by atoms with Gasteiger partial charge < -0.3 is 10.4 Å². The lowest BCUT2D eigenvalue weighted by Gasteiger charge is -2.42. The number of nitrogens with zero attached hydrogens (tertiary/aromatic N) is 1. The molecule has 106 valence electrons. The van der Waals surface area contributed by atoms with E-state index < -0.39 is 0 Å². The van der Waals surface area contributed by atoms with Crippen LogP contribution in [-0.2, 0) is 6.42 Å². The lowest BCUT2D eigenvalue weighted by atomic mass is 10.0. The fourth-order valence-electron chi connectivity index (χ4n) is 2.73. The number of benzene rings is 1. The van der Waals surface area contributed by atoms with Crippen molar-refractivity contribution in [2.45, 2.75) is 45.2 Å². The van der Waals surface area contributed by atoms with Gasteiger partial charge in [0.2, 0.25) is 0 Å². The summed E-state index contributed by atoms with van der Waals surface area (Å²) in [5.41, 5.74) is 1.31. The number of nitrogens with one attached hydrogen (secondary N) is 1. The molecule has 1 aromatic rings. The van der Waals surface area contributed by atoms with E-state index in [2.05, 4.69) is 24.1 Å². The third-order valence-corrected chi connectivity index (χ3v) is 4.06. The van der Waals surface area contributed by atoms with Crippen LogP contribution in [0.15, 0.2) is 24.3 Å². The van der Waals surface area contributed by atoms with Crippen LogP contribution in [-0.4, -0.2) is 41.7 Å². The van der Waals surface area contributed by atoms with Crippen molar-refractivity contribution in [3.8, 4) is 5.75 Å². The van der Waals surface area contributed by atoms with E-state index >= 15 is 0 Å². The van der Waals surface area contributed by atoms with Gasteiger partial charge in [0.15, 0.2) is 0 Å². The normalized spacial score (nSPS) is 17.4. The molecular weight excluding hydrogens is 236 g/mol. The van der Waals surface area contributed by atoms with Gasteiger partial charge in [0.1, 0.15) is 5.75 Å². The van der Waals surface area contributed by atoms with Crippen molar-refractivity contribution in [3.63, 3.8) is 0 Å². The predicted molar refractivity (Wildman–Crippen MR) is 79.5 cm³/mol. The minimum Gasteiger partial charge on any atom is -0.508 e. The third-order valence-electron chi connectivity index (χ3n) is 4.06. The van der Waals surface area contributed by atoms with Crippen LogP contribution in [0.2, 0.25) is 0 Å². The Bertz CT molecular complexity index is 373. The number of aryl methyl sites for hydroxylation is 1. The molecule has 0 radical (unpaired) electrons. The molecule has 0 bridgehead atoms. The summed E-state index contributed by atoms with van der Waals surface area (Å²) in [5, 5.41) is 12.7. The summed E-state index contributed by atoms with van der Waals surface area (Å²) in [7, 11) is 0. The third kappa shape index (κ3) is 3.95. The Kier molecular flexibility index (Phi) is 5.23. The second kappa shape index (κ2) is 6.92. The molecule has 1 aliphatic heterocycles. The van der Waals surface area contributed by atoms with Gasteiger partial charge >= 0.3 is 0 Å². The van der Waals surface area contributed by atoms with E-state index in [1.807, 2.05) is 12.1 Å². The van der Waals surface area contributed by atoms with E-state index in [0.717, 1.165) is 25.6 Å². The Balaban J connectivity index is 1.84. The van der Waals surface area contributed by atoms with Gasteiger partial charge in [-0.1, -0.05) is 19.1 Å². The van der Waals surface area contributed by atoms with Crippen molar-refractivity contribution < 1.29 is 5.11 Å². The maximum atomic E-state index is 9.29.